The largest absolute Gasteiger partial charge is 0.508 e. The Balaban J connectivity index is 1.68. The number of phenols is 1. The molecule has 1 saturated heterocycles. The average molecular weight is 459 g/mol. The first kappa shape index (κ1) is 22.8. The number of allylic oxidation sites excluding steroid dienone is 3. The van der Waals surface area contributed by atoms with Crippen LogP contribution in [-0.2, 0) is 20.8 Å². The smallest absolute Gasteiger partial charge is 0.352 e. The van der Waals surface area contributed by atoms with Gasteiger partial charge in [-0.05, 0) is 29.3 Å². The number of β-lactam (4-membered cyclic amide) rings is 1. The Morgan fingerprint density at radius 3 is 2.61 bits per heavy atom. The third-order valence-electron chi connectivity index (χ3n) is 4.76. The summed E-state index contributed by atoms with van der Waals surface area (Å²) in [6.45, 7) is 7.37. The molecule has 7 nitrogen and oxygen atoms in total. The van der Waals surface area contributed by atoms with Crippen molar-refractivity contribution in [2.75, 3.05) is 11.5 Å². The minimum Gasteiger partial charge on any atom is -0.508 e. The highest BCUT2D eigenvalue weighted by atomic mass is 32.2. The summed E-state index contributed by atoms with van der Waals surface area (Å²) in [5.74, 6) is -0.954. The molecule has 0 spiro atoms. The number of rotatable bonds is 9. The number of phenolic OH excluding ortho intramolecular Hbond substituents is 1. The molecule has 3 N–H and O–H groups in total. The molecule has 3 rings (SSSR count). The molecule has 9 heteroatoms. The minimum absolute atomic E-state index is 0.00713. The minimum atomic E-state index is -1.16. The van der Waals surface area contributed by atoms with Crippen molar-refractivity contribution in [3.63, 3.8) is 0 Å². The molecule has 2 atom stereocenters. The number of nitrogens with one attached hydrogen (secondary N) is 1. The average Bonchev–Trinajstić information content (AvgIpc) is 2.75. The maximum atomic E-state index is 12.7. The van der Waals surface area contributed by atoms with E-state index in [2.05, 4.69) is 18.5 Å². The summed E-state index contributed by atoms with van der Waals surface area (Å²) >= 11 is 2.86. The Hall–Kier alpha value is -2.91. The zero-order valence-corrected chi connectivity index (χ0v) is 18.2. The first-order valence-electron chi connectivity index (χ1n) is 9.41. The highest BCUT2D eigenvalue weighted by molar-refractivity contribution is 8.03. The van der Waals surface area contributed by atoms with Gasteiger partial charge in [0.2, 0.25) is 5.91 Å². The van der Waals surface area contributed by atoms with Crippen molar-refractivity contribution in [2.45, 2.75) is 17.8 Å². The second kappa shape index (κ2) is 9.93. The lowest BCUT2D eigenvalue weighted by atomic mass is 10.0. The van der Waals surface area contributed by atoms with E-state index in [9.17, 15) is 24.6 Å². The topological polar surface area (TPSA) is 107 Å². The summed E-state index contributed by atoms with van der Waals surface area (Å²) in [6, 6.07) is 5.48. The number of nitrogens with zero attached hydrogens (tertiary/aromatic N) is 1. The number of carboxylic acids is 1. The fourth-order valence-corrected chi connectivity index (χ4v) is 5.64. The quantitative estimate of drug-likeness (QED) is 0.386. The van der Waals surface area contributed by atoms with Crippen molar-refractivity contribution in [1.82, 2.24) is 10.2 Å². The maximum absolute atomic E-state index is 12.7. The Bertz CT molecular complexity index is 984. The van der Waals surface area contributed by atoms with Crippen LogP contribution in [0.5, 0.6) is 5.75 Å². The second-order valence-corrected chi connectivity index (χ2v) is 9.01. The summed E-state index contributed by atoms with van der Waals surface area (Å²) < 4.78 is 0. The molecular formula is C22H22N2O5S2. The van der Waals surface area contributed by atoms with Gasteiger partial charge in [-0.1, -0.05) is 37.4 Å². The third-order valence-corrected chi connectivity index (χ3v) is 7.23. The van der Waals surface area contributed by atoms with Crippen molar-refractivity contribution in [3.8, 4) is 5.75 Å². The number of carbonyl (C=O) groups is 3. The fourth-order valence-electron chi connectivity index (χ4n) is 3.28. The number of benzene rings is 1. The molecule has 162 valence electrons. The summed E-state index contributed by atoms with van der Waals surface area (Å²) in [6.07, 6.45) is 5.14. The molecule has 0 radical (unpaired) electrons. The van der Waals surface area contributed by atoms with Gasteiger partial charge in [-0.2, -0.15) is 0 Å². The van der Waals surface area contributed by atoms with Crippen LogP contribution in [0.4, 0.5) is 0 Å². The monoisotopic (exact) mass is 458 g/mol. The van der Waals surface area contributed by atoms with Crippen LogP contribution < -0.4 is 5.32 Å². The number of carbonyl (C=O) groups excluding carboxylic acids is 2. The van der Waals surface area contributed by atoms with Crippen LogP contribution in [0.15, 0.2) is 71.8 Å². The summed E-state index contributed by atoms with van der Waals surface area (Å²) in [7, 11) is 0. The molecule has 2 aliphatic rings. The van der Waals surface area contributed by atoms with Crippen LogP contribution in [0, 0.1) is 0 Å². The van der Waals surface area contributed by atoms with E-state index in [0.29, 0.717) is 22.6 Å². The Kier molecular flexibility index (Phi) is 7.29. The van der Waals surface area contributed by atoms with Crippen LogP contribution >= 0.6 is 23.5 Å². The molecule has 0 saturated carbocycles. The molecule has 2 heterocycles. The number of fused-ring (bicyclic) bond motifs is 1. The van der Waals surface area contributed by atoms with E-state index in [-0.39, 0.29) is 23.8 Å². The van der Waals surface area contributed by atoms with Gasteiger partial charge in [0.05, 0.1) is 6.42 Å². The lowest BCUT2D eigenvalue weighted by molar-refractivity contribution is -0.150. The number of aliphatic carboxylic acids is 1. The molecule has 1 aromatic rings. The number of hydrogen-bond donors (Lipinski definition) is 3. The maximum Gasteiger partial charge on any atom is 0.352 e. The third kappa shape index (κ3) is 5.05. The predicted octanol–water partition coefficient (Wildman–Crippen LogP) is 2.66. The number of thioether (sulfide) groups is 2. The van der Waals surface area contributed by atoms with Gasteiger partial charge in [-0.3, -0.25) is 14.5 Å². The first-order valence-corrected chi connectivity index (χ1v) is 11.4. The molecule has 0 bridgehead atoms. The van der Waals surface area contributed by atoms with Gasteiger partial charge in [0, 0.05) is 16.4 Å². The van der Waals surface area contributed by atoms with E-state index < -0.39 is 23.3 Å². The molecule has 2 aliphatic heterocycles. The molecule has 0 aliphatic carbocycles. The van der Waals surface area contributed by atoms with E-state index in [1.54, 1.807) is 30.4 Å². The van der Waals surface area contributed by atoms with Crippen molar-refractivity contribution in [1.29, 1.82) is 0 Å². The zero-order valence-electron chi connectivity index (χ0n) is 16.6. The zero-order chi connectivity index (χ0) is 22.5. The lowest BCUT2D eigenvalue weighted by Gasteiger charge is -2.49. The summed E-state index contributed by atoms with van der Waals surface area (Å²) in [5.41, 5.74) is 1.34. The lowest BCUT2D eigenvalue weighted by Crippen LogP contribution is -2.70. The number of amides is 2. The molecule has 31 heavy (non-hydrogen) atoms. The van der Waals surface area contributed by atoms with Crippen molar-refractivity contribution in [3.05, 3.63) is 77.4 Å². The molecular weight excluding hydrogens is 436 g/mol. The van der Waals surface area contributed by atoms with E-state index in [1.807, 2.05) is 0 Å². The van der Waals surface area contributed by atoms with Gasteiger partial charge in [-0.25, -0.2) is 4.79 Å². The molecule has 2 unspecified atom stereocenters. The first-order chi connectivity index (χ1) is 14.8. The Labute approximate surface area is 188 Å². The number of aromatic hydroxyl groups is 1. The van der Waals surface area contributed by atoms with Crippen LogP contribution in [0.2, 0.25) is 0 Å². The van der Waals surface area contributed by atoms with Gasteiger partial charge in [0.15, 0.2) is 0 Å². The highest BCUT2D eigenvalue weighted by Gasteiger charge is 2.54. The predicted molar refractivity (Wildman–Crippen MR) is 122 cm³/mol. The van der Waals surface area contributed by atoms with Crippen LogP contribution in [0.25, 0.3) is 0 Å². The summed E-state index contributed by atoms with van der Waals surface area (Å²) in [4.78, 5) is 39.1. The van der Waals surface area contributed by atoms with E-state index in [4.69, 9.17) is 0 Å². The van der Waals surface area contributed by atoms with Gasteiger partial charge < -0.3 is 15.5 Å². The van der Waals surface area contributed by atoms with Gasteiger partial charge in [0.1, 0.15) is 22.9 Å². The molecule has 0 aromatic heterocycles. The highest BCUT2D eigenvalue weighted by Crippen LogP contribution is 2.41. The number of carboxylic acid groups (broad SMARTS) is 1. The summed E-state index contributed by atoms with van der Waals surface area (Å²) in [5, 5.41) is 21.3. The normalized spacial score (nSPS) is 20.6. The fraction of sp³-hybridized carbons (Fsp3) is 0.227. The standard InChI is InChI=1S/C22H22N2O5S2/c1-3-5-16(4-2)30-11-14-12-31-21-18(20(27)24(21)19(14)22(28)29)23-17(26)10-13-6-8-15(25)9-7-13/h3-9,18,21,25H,1-2,10-12H2,(H,23,26)(H,28,29)/b16-5+. The van der Waals surface area contributed by atoms with Gasteiger partial charge in [0.25, 0.3) is 5.91 Å². The molecule has 1 aromatic carbocycles. The van der Waals surface area contributed by atoms with Crippen LogP contribution in [0.1, 0.15) is 5.56 Å². The van der Waals surface area contributed by atoms with Crippen molar-refractivity contribution < 1.29 is 24.6 Å². The Morgan fingerprint density at radius 1 is 1.29 bits per heavy atom. The SMILES string of the molecule is C=C/C=C(\C=C)SCC1=C(C(=O)O)N2C(=O)C(NC(=O)Cc3ccc(O)cc3)C2SC1. The van der Waals surface area contributed by atoms with E-state index in [1.165, 1.54) is 40.6 Å². The van der Waals surface area contributed by atoms with Crippen LogP contribution in [0.3, 0.4) is 0 Å². The second-order valence-electron chi connectivity index (χ2n) is 6.85. The number of hydrogen-bond acceptors (Lipinski definition) is 6. The van der Waals surface area contributed by atoms with Gasteiger partial charge in [-0.15, -0.1) is 23.5 Å². The van der Waals surface area contributed by atoms with Gasteiger partial charge >= 0.3 is 5.97 Å². The van der Waals surface area contributed by atoms with Crippen molar-refractivity contribution in [2.24, 2.45) is 0 Å². The van der Waals surface area contributed by atoms with E-state index >= 15 is 0 Å². The van der Waals surface area contributed by atoms with E-state index in [0.717, 1.165) is 4.91 Å². The molecule has 1 fully saturated rings. The Morgan fingerprint density at radius 2 is 2.00 bits per heavy atom. The van der Waals surface area contributed by atoms with Crippen molar-refractivity contribution >= 4 is 41.3 Å². The van der Waals surface area contributed by atoms with Crippen LogP contribution in [-0.4, -0.2) is 55.8 Å². The molecule has 2 amide bonds.